The number of aryl methyl sites for hydroxylation is 2. The molecule has 0 bridgehead atoms. The van der Waals surface area contributed by atoms with Crippen molar-refractivity contribution in [3.05, 3.63) is 46.9 Å². The molecule has 0 aliphatic carbocycles. The first kappa shape index (κ1) is 18.5. The molecule has 0 radical (unpaired) electrons. The molecule has 0 unspecified atom stereocenters. The average Bonchev–Trinajstić information content (AvgIpc) is 2.95. The summed E-state index contributed by atoms with van der Waals surface area (Å²) in [6, 6.07) is 5.42. The molecule has 0 aliphatic heterocycles. The fraction of sp³-hybridized carbons (Fsp3) is 0.333. The first-order valence-electron chi connectivity index (χ1n) is 7.68. The highest BCUT2D eigenvalue weighted by molar-refractivity contribution is 5.90. The van der Waals surface area contributed by atoms with E-state index in [2.05, 4.69) is 5.16 Å². The van der Waals surface area contributed by atoms with Crippen LogP contribution in [0.4, 0.5) is 0 Å². The Bertz CT molecular complexity index is 747. The van der Waals surface area contributed by atoms with Crippen LogP contribution in [0.15, 0.2) is 28.8 Å². The van der Waals surface area contributed by atoms with Gasteiger partial charge in [0.05, 0.1) is 25.5 Å². The lowest BCUT2D eigenvalue weighted by Gasteiger charge is -2.12. The smallest absolute Gasteiger partial charge is 0.269 e. The van der Waals surface area contributed by atoms with Gasteiger partial charge in [0.25, 0.3) is 5.91 Å². The second kappa shape index (κ2) is 8.34. The van der Waals surface area contributed by atoms with E-state index in [9.17, 15) is 4.79 Å². The molecule has 2 aromatic rings. The maximum atomic E-state index is 11.7. The third-order valence-corrected chi connectivity index (χ3v) is 3.74. The largest absolute Gasteiger partial charge is 0.493 e. The number of hydroxylamine groups is 2. The van der Waals surface area contributed by atoms with Crippen molar-refractivity contribution in [2.75, 3.05) is 21.3 Å². The number of ether oxygens (including phenoxy) is 2. The van der Waals surface area contributed by atoms with Crippen LogP contribution in [0.3, 0.4) is 0 Å². The van der Waals surface area contributed by atoms with Gasteiger partial charge in [0.15, 0.2) is 11.5 Å². The molecule has 0 atom stereocenters. The van der Waals surface area contributed by atoms with Crippen molar-refractivity contribution in [3.63, 3.8) is 0 Å². The van der Waals surface area contributed by atoms with Crippen LogP contribution in [-0.2, 0) is 16.2 Å². The van der Waals surface area contributed by atoms with E-state index in [0.717, 1.165) is 27.6 Å². The zero-order valence-corrected chi connectivity index (χ0v) is 15.0. The van der Waals surface area contributed by atoms with Gasteiger partial charge in [-0.2, -0.15) is 0 Å². The minimum absolute atomic E-state index is 0.264. The molecule has 2 rings (SSSR count). The van der Waals surface area contributed by atoms with Crippen molar-refractivity contribution in [3.8, 4) is 11.5 Å². The van der Waals surface area contributed by atoms with E-state index in [1.807, 2.05) is 19.9 Å². The van der Waals surface area contributed by atoms with E-state index in [0.29, 0.717) is 18.1 Å². The van der Waals surface area contributed by atoms with E-state index >= 15 is 0 Å². The van der Waals surface area contributed by atoms with Crippen LogP contribution in [0.1, 0.15) is 22.6 Å². The number of amides is 1. The van der Waals surface area contributed by atoms with Crippen molar-refractivity contribution in [1.82, 2.24) is 10.2 Å². The van der Waals surface area contributed by atoms with Crippen molar-refractivity contribution in [1.29, 1.82) is 0 Å². The Balaban J connectivity index is 2.11. The van der Waals surface area contributed by atoms with Crippen molar-refractivity contribution >= 4 is 12.0 Å². The highest BCUT2D eigenvalue weighted by atomic mass is 16.7. The highest BCUT2D eigenvalue weighted by Gasteiger charge is 2.12. The van der Waals surface area contributed by atoms with Crippen LogP contribution >= 0.6 is 0 Å². The molecule has 0 saturated carbocycles. The summed E-state index contributed by atoms with van der Waals surface area (Å²) in [5, 5.41) is 5.04. The number of hydrogen-bond acceptors (Lipinski definition) is 6. The van der Waals surface area contributed by atoms with Gasteiger partial charge in [-0.25, -0.2) is 5.06 Å². The van der Waals surface area contributed by atoms with Gasteiger partial charge in [-0.1, -0.05) is 11.2 Å². The number of benzene rings is 1. The molecule has 0 aliphatic rings. The maximum absolute atomic E-state index is 11.7. The lowest BCUT2D eigenvalue weighted by atomic mass is 10.2. The molecular weight excluding hydrogens is 324 g/mol. The lowest BCUT2D eigenvalue weighted by Crippen LogP contribution is -2.22. The molecule has 0 saturated heterocycles. The van der Waals surface area contributed by atoms with Crippen LogP contribution in [0.2, 0.25) is 0 Å². The standard InChI is InChI=1S/C18H22N2O5/c1-12-15(13(2)25-19-12)11-24-16-8-6-14(10-17(16)22-4)7-9-18(21)20(3)23-5/h6-10H,11H2,1-5H3/b9-7+. The number of carbonyl (C=O) groups excluding carboxylic acids is 1. The molecule has 1 aromatic carbocycles. The second-order valence-electron chi connectivity index (χ2n) is 5.35. The van der Waals surface area contributed by atoms with Gasteiger partial charge in [-0.15, -0.1) is 0 Å². The third-order valence-electron chi connectivity index (χ3n) is 3.74. The molecule has 7 nitrogen and oxygen atoms in total. The first-order valence-corrected chi connectivity index (χ1v) is 7.68. The molecule has 25 heavy (non-hydrogen) atoms. The molecular formula is C18H22N2O5. The normalized spacial score (nSPS) is 10.9. The first-order chi connectivity index (χ1) is 12.0. The number of nitrogens with zero attached hydrogens (tertiary/aromatic N) is 2. The summed E-state index contributed by atoms with van der Waals surface area (Å²) < 4.78 is 16.3. The number of aromatic nitrogens is 1. The predicted molar refractivity (Wildman–Crippen MR) is 92.1 cm³/mol. The van der Waals surface area contributed by atoms with E-state index in [-0.39, 0.29) is 5.91 Å². The van der Waals surface area contributed by atoms with Crippen molar-refractivity contribution < 1.29 is 23.6 Å². The Morgan fingerprint density at radius 1 is 1.28 bits per heavy atom. The minimum Gasteiger partial charge on any atom is -0.493 e. The van der Waals surface area contributed by atoms with Gasteiger partial charge in [0, 0.05) is 13.1 Å². The zero-order valence-electron chi connectivity index (χ0n) is 15.0. The monoisotopic (exact) mass is 346 g/mol. The van der Waals surface area contributed by atoms with Crippen LogP contribution < -0.4 is 9.47 Å². The molecule has 0 spiro atoms. The van der Waals surface area contributed by atoms with Gasteiger partial charge in [0.1, 0.15) is 12.4 Å². The Kier molecular flexibility index (Phi) is 6.19. The molecule has 134 valence electrons. The number of hydrogen-bond donors (Lipinski definition) is 0. The SMILES string of the molecule is COc1cc(/C=C/C(=O)N(C)OC)ccc1OCc1c(C)noc1C. The van der Waals surface area contributed by atoms with Gasteiger partial charge in [-0.3, -0.25) is 9.63 Å². The fourth-order valence-corrected chi connectivity index (χ4v) is 2.13. The number of methoxy groups -OCH3 is 1. The average molecular weight is 346 g/mol. The highest BCUT2D eigenvalue weighted by Crippen LogP contribution is 2.30. The van der Waals surface area contributed by atoms with Crippen molar-refractivity contribution in [2.45, 2.75) is 20.5 Å². The summed E-state index contributed by atoms with van der Waals surface area (Å²) in [5.41, 5.74) is 2.52. The minimum atomic E-state index is -0.264. The Morgan fingerprint density at radius 3 is 2.64 bits per heavy atom. The molecule has 0 N–H and O–H groups in total. The Labute approximate surface area is 146 Å². The predicted octanol–water partition coefficient (Wildman–Crippen LogP) is 2.91. The lowest BCUT2D eigenvalue weighted by molar-refractivity contribution is -0.162. The van der Waals surface area contributed by atoms with Gasteiger partial charge >= 0.3 is 0 Å². The summed E-state index contributed by atoms with van der Waals surface area (Å²) in [5.74, 6) is 1.64. The van der Waals surface area contributed by atoms with Gasteiger partial charge in [0.2, 0.25) is 0 Å². The summed E-state index contributed by atoms with van der Waals surface area (Å²) in [6.45, 7) is 4.05. The van der Waals surface area contributed by atoms with Crippen LogP contribution in [0.5, 0.6) is 11.5 Å². The molecule has 1 amide bonds. The van der Waals surface area contributed by atoms with Crippen LogP contribution in [0, 0.1) is 13.8 Å². The summed E-state index contributed by atoms with van der Waals surface area (Å²) in [4.78, 5) is 16.5. The quantitative estimate of drug-likeness (QED) is 0.567. The number of likely N-dealkylation sites (N-methyl/N-ethyl adjacent to an activating group) is 1. The summed E-state index contributed by atoms with van der Waals surface area (Å²) in [6.07, 6.45) is 3.10. The fourth-order valence-electron chi connectivity index (χ4n) is 2.13. The van der Waals surface area contributed by atoms with Crippen LogP contribution in [-0.4, -0.2) is 37.4 Å². The molecule has 7 heteroatoms. The second-order valence-corrected chi connectivity index (χ2v) is 5.35. The zero-order chi connectivity index (χ0) is 18.4. The topological polar surface area (TPSA) is 74.0 Å². The van der Waals surface area contributed by atoms with Gasteiger partial charge < -0.3 is 14.0 Å². The van der Waals surface area contributed by atoms with E-state index in [1.54, 1.807) is 32.4 Å². The Hall–Kier alpha value is -2.80. The van der Waals surface area contributed by atoms with Crippen molar-refractivity contribution in [2.24, 2.45) is 0 Å². The van der Waals surface area contributed by atoms with E-state index in [1.165, 1.54) is 13.2 Å². The maximum Gasteiger partial charge on any atom is 0.269 e. The number of carbonyl (C=O) groups is 1. The van der Waals surface area contributed by atoms with Crippen LogP contribution in [0.25, 0.3) is 6.08 Å². The van der Waals surface area contributed by atoms with E-state index in [4.69, 9.17) is 18.8 Å². The van der Waals surface area contributed by atoms with E-state index < -0.39 is 0 Å². The third kappa shape index (κ3) is 4.60. The summed E-state index contributed by atoms with van der Waals surface area (Å²) in [7, 11) is 4.54. The summed E-state index contributed by atoms with van der Waals surface area (Å²) >= 11 is 0. The molecule has 0 fully saturated rings. The van der Waals surface area contributed by atoms with Gasteiger partial charge in [-0.05, 0) is 37.6 Å². The molecule has 1 aromatic heterocycles. The molecule has 1 heterocycles. The Morgan fingerprint density at radius 2 is 2.04 bits per heavy atom. The number of rotatable bonds is 7.